The molecule has 5 heteroatoms. The summed E-state index contributed by atoms with van der Waals surface area (Å²) in [6.45, 7) is 2.22. The summed E-state index contributed by atoms with van der Waals surface area (Å²) >= 11 is 0. The second kappa shape index (κ2) is 5.75. The molecule has 2 heterocycles. The normalized spacial score (nSPS) is 11.4. The minimum absolute atomic E-state index is 0.120. The summed E-state index contributed by atoms with van der Waals surface area (Å²) < 4.78 is 16.9. The van der Waals surface area contributed by atoms with Crippen molar-refractivity contribution < 1.29 is 9.18 Å². The van der Waals surface area contributed by atoms with Crippen LogP contribution in [0, 0.1) is 5.82 Å². The molecule has 0 fully saturated rings. The topological polar surface area (TPSA) is 43.5 Å². The third-order valence-electron chi connectivity index (χ3n) is 3.84. The number of Topliss-reactive ketones (excluding diaryl/α,β-unsaturated/α-hetero) is 1. The Bertz CT molecular complexity index is 908. The smallest absolute Gasteiger partial charge is 0.275 e. The van der Waals surface area contributed by atoms with Gasteiger partial charge in [0.2, 0.25) is 0 Å². The van der Waals surface area contributed by atoms with E-state index in [1.54, 1.807) is 28.8 Å². The van der Waals surface area contributed by atoms with Crippen molar-refractivity contribution in [1.82, 2.24) is 8.97 Å². The zero-order valence-corrected chi connectivity index (χ0v) is 12.4. The predicted octanol–water partition coefficient (Wildman–Crippen LogP) is 3.15. The highest BCUT2D eigenvalue weighted by Gasteiger charge is 2.12. The van der Waals surface area contributed by atoms with Crippen LogP contribution in [-0.2, 0) is 11.3 Å². The van der Waals surface area contributed by atoms with Gasteiger partial charge in [-0.1, -0.05) is 6.92 Å². The fourth-order valence-corrected chi connectivity index (χ4v) is 2.79. The number of ketones is 1. The maximum absolute atomic E-state index is 13.6. The molecule has 0 radical (unpaired) electrons. The van der Waals surface area contributed by atoms with Gasteiger partial charge in [-0.2, -0.15) is 0 Å². The lowest BCUT2D eigenvalue weighted by Gasteiger charge is -2.12. The van der Waals surface area contributed by atoms with Crippen LogP contribution in [0.25, 0.3) is 16.6 Å². The summed E-state index contributed by atoms with van der Waals surface area (Å²) in [6.07, 6.45) is 3.37. The van der Waals surface area contributed by atoms with Crippen molar-refractivity contribution >= 4 is 22.3 Å². The van der Waals surface area contributed by atoms with E-state index in [0.717, 1.165) is 11.9 Å². The number of benzene rings is 1. The molecule has 3 aromatic rings. The summed E-state index contributed by atoms with van der Waals surface area (Å²) in [4.78, 5) is 24.3. The maximum atomic E-state index is 13.6. The third kappa shape index (κ3) is 2.43. The fourth-order valence-electron chi connectivity index (χ4n) is 2.79. The Morgan fingerprint density at radius 3 is 2.73 bits per heavy atom. The summed E-state index contributed by atoms with van der Waals surface area (Å²) in [5, 5.41) is 0. The van der Waals surface area contributed by atoms with Gasteiger partial charge in [-0.05, 0) is 36.8 Å². The molecule has 0 atom stereocenters. The lowest BCUT2D eigenvalue weighted by atomic mass is 10.2. The number of carbonyl (C=O) groups is 1. The highest BCUT2D eigenvalue weighted by atomic mass is 19.1. The van der Waals surface area contributed by atoms with E-state index in [9.17, 15) is 14.0 Å². The van der Waals surface area contributed by atoms with E-state index < -0.39 is 5.82 Å². The largest absolute Gasteiger partial charge is 0.310 e. The Balaban J connectivity index is 2.17. The molecule has 0 bridgehead atoms. The van der Waals surface area contributed by atoms with Gasteiger partial charge in [-0.15, -0.1) is 0 Å². The first-order valence-electron chi connectivity index (χ1n) is 7.42. The van der Waals surface area contributed by atoms with Crippen LogP contribution < -0.4 is 5.56 Å². The molecule has 0 saturated heterocycles. The molecule has 0 unspecified atom stereocenters. The molecule has 1 aromatic carbocycles. The van der Waals surface area contributed by atoms with Gasteiger partial charge in [-0.25, -0.2) is 4.39 Å². The lowest BCUT2D eigenvalue weighted by Crippen LogP contribution is -2.24. The van der Waals surface area contributed by atoms with Crippen molar-refractivity contribution in [3.63, 3.8) is 0 Å². The van der Waals surface area contributed by atoms with Gasteiger partial charge in [0, 0.05) is 25.6 Å². The number of hydrogen-bond acceptors (Lipinski definition) is 2. The van der Waals surface area contributed by atoms with Crippen molar-refractivity contribution in [2.45, 2.75) is 32.7 Å². The Morgan fingerprint density at radius 1 is 1.14 bits per heavy atom. The maximum Gasteiger partial charge on any atom is 0.275 e. The lowest BCUT2D eigenvalue weighted by molar-refractivity contribution is -0.119. The van der Waals surface area contributed by atoms with Crippen molar-refractivity contribution in [2.24, 2.45) is 0 Å². The Kier molecular flexibility index (Phi) is 3.79. The molecule has 22 heavy (non-hydrogen) atoms. The molecule has 0 aliphatic rings. The van der Waals surface area contributed by atoms with Gasteiger partial charge in [0.05, 0.1) is 11.0 Å². The number of nitrogens with zero attached hydrogens (tertiary/aromatic N) is 2. The van der Waals surface area contributed by atoms with Crippen LogP contribution >= 0.6 is 0 Å². The molecule has 0 spiro atoms. The molecular weight excluding hydrogens is 283 g/mol. The molecule has 0 aliphatic heterocycles. The molecular formula is C17H17FN2O2. The van der Waals surface area contributed by atoms with E-state index in [1.165, 1.54) is 16.7 Å². The summed E-state index contributed by atoms with van der Waals surface area (Å²) in [5.74, 6) is -0.277. The van der Waals surface area contributed by atoms with Gasteiger partial charge in [0.1, 0.15) is 17.1 Å². The summed E-state index contributed by atoms with van der Waals surface area (Å²) in [5.41, 5.74) is 1.59. The second-order valence-corrected chi connectivity index (χ2v) is 5.39. The van der Waals surface area contributed by atoms with Crippen LogP contribution in [0.4, 0.5) is 4.39 Å². The van der Waals surface area contributed by atoms with Gasteiger partial charge in [0.15, 0.2) is 0 Å². The molecule has 0 aliphatic carbocycles. The number of halogens is 1. The molecule has 0 amide bonds. The van der Waals surface area contributed by atoms with Crippen LogP contribution in [0.5, 0.6) is 0 Å². The van der Waals surface area contributed by atoms with Gasteiger partial charge < -0.3 is 8.97 Å². The summed E-state index contributed by atoms with van der Waals surface area (Å²) in [7, 11) is 0. The van der Waals surface area contributed by atoms with Crippen LogP contribution in [0.3, 0.4) is 0 Å². The van der Waals surface area contributed by atoms with Crippen molar-refractivity contribution in [1.29, 1.82) is 0 Å². The molecule has 4 nitrogen and oxygen atoms in total. The first-order valence-corrected chi connectivity index (χ1v) is 7.42. The molecule has 0 saturated carbocycles. The van der Waals surface area contributed by atoms with E-state index in [2.05, 4.69) is 0 Å². The Morgan fingerprint density at radius 2 is 1.95 bits per heavy atom. The predicted molar refractivity (Wildman–Crippen MR) is 83.7 cm³/mol. The molecule has 2 aromatic heterocycles. The average Bonchev–Trinajstić information content (AvgIpc) is 2.97. The monoisotopic (exact) mass is 300 g/mol. The van der Waals surface area contributed by atoms with Crippen molar-refractivity contribution in [3.8, 4) is 0 Å². The minimum Gasteiger partial charge on any atom is -0.310 e. The van der Waals surface area contributed by atoms with Crippen LogP contribution in [0.1, 0.15) is 26.2 Å². The van der Waals surface area contributed by atoms with Crippen LogP contribution in [0.15, 0.2) is 41.3 Å². The molecule has 114 valence electrons. The van der Waals surface area contributed by atoms with Gasteiger partial charge in [0.25, 0.3) is 5.56 Å². The zero-order chi connectivity index (χ0) is 15.7. The van der Waals surface area contributed by atoms with Crippen LogP contribution in [-0.4, -0.2) is 14.8 Å². The van der Waals surface area contributed by atoms with E-state index in [-0.39, 0.29) is 24.3 Å². The van der Waals surface area contributed by atoms with Gasteiger partial charge >= 0.3 is 0 Å². The minimum atomic E-state index is -0.396. The molecule has 3 rings (SSSR count). The Hall–Kier alpha value is -2.43. The first kappa shape index (κ1) is 14.5. The number of rotatable bonds is 5. The second-order valence-electron chi connectivity index (χ2n) is 5.39. The number of aromatic nitrogens is 2. The highest BCUT2D eigenvalue weighted by Crippen LogP contribution is 2.17. The number of hydrogen-bond donors (Lipinski definition) is 0. The number of fused-ring (bicyclic) bond motifs is 3. The van der Waals surface area contributed by atoms with E-state index >= 15 is 0 Å². The highest BCUT2D eigenvalue weighted by molar-refractivity contribution is 5.80. The van der Waals surface area contributed by atoms with Crippen LogP contribution in [0.2, 0.25) is 0 Å². The van der Waals surface area contributed by atoms with E-state index in [1.807, 2.05) is 6.92 Å². The number of aryl methyl sites for hydroxylation is 1. The standard InChI is InChI=1S/C17H17FN2O2/c1-2-4-13(21)8-10-20-16-11-12(18)6-7-14(16)19-9-3-5-15(19)17(20)22/h3,5-7,9,11H,2,4,8,10H2,1H3. The summed E-state index contributed by atoms with van der Waals surface area (Å²) in [6, 6.07) is 7.89. The van der Waals surface area contributed by atoms with Crippen molar-refractivity contribution in [3.05, 3.63) is 52.7 Å². The SMILES string of the molecule is CCCC(=O)CCn1c(=O)c2cccn2c2ccc(F)cc21. The average molecular weight is 300 g/mol. The fraction of sp³-hybridized carbons (Fsp3) is 0.294. The number of carbonyl (C=O) groups excluding carboxylic acids is 1. The van der Waals surface area contributed by atoms with Crippen molar-refractivity contribution in [2.75, 3.05) is 0 Å². The van der Waals surface area contributed by atoms with E-state index in [0.29, 0.717) is 17.5 Å². The Labute approximate surface area is 126 Å². The van der Waals surface area contributed by atoms with Gasteiger partial charge in [-0.3, -0.25) is 9.59 Å². The first-order chi connectivity index (χ1) is 10.6. The zero-order valence-electron chi connectivity index (χ0n) is 12.4. The van der Waals surface area contributed by atoms with E-state index in [4.69, 9.17) is 0 Å². The molecule has 0 N–H and O–H groups in total. The third-order valence-corrected chi connectivity index (χ3v) is 3.84. The quantitative estimate of drug-likeness (QED) is 0.726.